The van der Waals surface area contributed by atoms with Crippen LogP contribution in [0.15, 0.2) is 30.3 Å². The fourth-order valence-corrected chi connectivity index (χ4v) is 3.31. The molecule has 1 saturated heterocycles. The lowest BCUT2D eigenvalue weighted by Crippen LogP contribution is -2.44. The quantitative estimate of drug-likeness (QED) is 0.801. The van der Waals surface area contributed by atoms with E-state index in [1.54, 1.807) is 0 Å². The predicted molar refractivity (Wildman–Crippen MR) is 84.8 cm³/mol. The number of unbranched alkanes of at least 4 members (excludes halogenated alkanes) is 1. The lowest BCUT2D eigenvalue weighted by molar-refractivity contribution is -0.0565. The van der Waals surface area contributed by atoms with E-state index < -0.39 is 0 Å². The summed E-state index contributed by atoms with van der Waals surface area (Å²) in [4.78, 5) is 0. The van der Waals surface area contributed by atoms with Crippen LogP contribution in [0.1, 0.15) is 58.4 Å². The van der Waals surface area contributed by atoms with Crippen molar-refractivity contribution in [3.8, 4) is 0 Å². The standard InChI is InChI=1S/C18H29NO/c1-4-7-13-17-19-16(18(5-2,6-3)20-17)14-15-11-9-8-10-12-15/h8-12,16-17,19H,4-7,13-14H2,1-3H3/t16-,17-/m0/s1. The lowest BCUT2D eigenvalue weighted by Gasteiger charge is -2.32. The average molecular weight is 275 g/mol. The van der Waals surface area contributed by atoms with E-state index in [1.165, 1.54) is 18.4 Å². The van der Waals surface area contributed by atoms with Gasteiger partial charge in [-0.3, -0.25) is 5.32 Å². The first-order valence-electron chi connectivity index (χ1n) is 8.22. The summed E-state index contributed by atoms with van der Waals surface area (Å²) in [5.74, 6) is 0. The maximum absolute atomic E-state index is 6.42. The fraction of sp³-hybridized carbons (Fsp3) is 0.667. The normalized spacial score (nSPS) is 24.9. The van der Waals surface area contributed by atoms with Crippen LogP contribution in [0.5, 0.6) is 0 Å². The molecule has 2 nitrogen and oxygen atoms in total. The third-order valence-electron chi connectivity index (χ3n) is 4.70. The summed E-state index contributed by atoms with van der Waals surface area (Å²) in [6, 6.07) is 11.2. The van der Waals surface area contributed by atoms with E-state index in [2.05, 4.69) is 56.4 Å². The molecule has 0 bridgehead atoms. The van der Waals surface area contributed by atoms with Crippen molar-refractivity contribution in [2.75, 3.05) is 0 Å². The highest BCUT2D eigenvalue weighted by Crippen LogP contribution is 2.34. The van der Waals surface area contributed by atoms with Crippen LogP contribution in [0, 0.1) is 0 Å². The van der Waals surface area contributed by atoms with Gasteiger partial charge in [-0.05, 0) is 37.7 Å². The molecule has 2 heteroatoms. The van der Waals surface area contributed by atoms with Crippen molar-refractivity contribution < 1.29 is 4.74 Å². The molecule has 2 rings (SSSR count). The second kappa shape index (κ2) is 7.24. The van der Waals surface area contributed by atoms with Gasteiger partial charge in [0, 0.05) is 6.04 Å². The second-order valence-corrected chi connectivity index (χ2v) is 5.93. The van der Waals surface area contributed by atoms with Crippen LogP contribution in [0.4, 0.5) is 0 Å². The van der Waals surface area contributed by atoms with E-state index in [1.807, 2.05) is 0 Å². The number of rotatable bonds is 7. The van der Waals surface area contributed by atoms with Gasteiger partial charge in [-0.2, -0.15) is 0 Å². The summed E-state index contributed by atoms with van der Waals surface area (Å²) in [5.41, 5.74) is 1.41. The molecule has 20 heavy (non-hydrogen) atoms. The summed E-state index contributed by atoms with van der Waals surface area (Å²) in [5, 5.41) is 3.74. The lowest BCUT2D eigenvalue weighted by atomic mass is 9.85. The van der Waals surface area contributed by atoms with Gasteiger partial charge in [0.2, 0.25) is 0 Å². The highest BCUT2D eigenvalue weighted by atomic mass is 16.5. The topological polar surface area (TPSA) is 21.3 Å². The Morgan fingerprint density at radius 2 is 1.80 bits per heavy atom. The molecule has 2 atom stereocenters. The van der Waals surface area contributed by atoms with E-state index >= 15 is 0 Å². The van der Waals surface area contributed by atoms with Gasteiger partial charge in [-0.1, -0.05) is 57.5 Å². The highest BCUT2D eigenvalue weighted by Gasteiger charge is 2.45. The summed E-state index contributed by atoms with van der Waals surface area (Å²) in [6.45, 7) is 6.75. The molecule has 1 aromatic rings. The Morgan fingerprint density at radius 1 is 1.10 bits per heavy atom. The molecule has 0 saturated carbocycles. The minimum atomic E-state index is 0.00818. The Bertz CT molecular complexity index is 386. The predicted octanol–water partition coefficient (Wildman–Crippen LogP) is 4.29. The zero-order valence-electron chi connectivity index (χ0n) is 13.2. The van der Waals surface area contributed by atoms with Crippen molar-refractivity contribution in [1.82, 2.24) is 5.32 Å². The summed E-state index contributed by atoms with van der Waals surface area (Å²) >= 11 is 0. The first-order valence-corrected chi connectivity index (χ1v) is 8.22. The molecule has 0 spiro atoms. The van der Waals surface area contributed by atoms with Crippen LogP contribution in [-0.2, 0) is 11.2 Å². The molecular weight excluding hydrogens is 246 g/mol. The molecule has 1 N–H and O–H groups in total. The monoisotopic (exact) mass is 275 g/mol. The first-order chi connectivity index (χ1) is 9.74. The zero-order chi connectivity index (χ0) is 14.4. The molecular formula is C18H29NO. The molecule has 0 aromatic heterocycles. The van der Waals surface area contributed by atoms with Crippen LogP contribution in [0.2, 0.25) is 0 Å². The molecule has 1 heterocycles. The molecule has 0 aliphatic carbocycles. The average Bonchev–Trinajstić information content (AvgIpc) is 2.84. The van der Waals surface area contributed by atoms with Gasteiger partial charge in [0.05, 0.1) is 5.60 Å². The van der Waals surface area contributed by atoms with Crippen molar-refractivity contribution >= 4 is 0 Å². The molecule has 1 aromatic carbocycles. The van der Waals surface area contributed by atoms with Gasteiger partial charge in [-0.15, -0.1) is 0 Å². The smallest absolute Gasteiger partial charge is 0.109 e. The Labute approximate surface area is 123 Å². The molecule has 1 aliphatic rings. The first kappa shape index (κ1) is 15.5. The number of benzene rings is 1. The Kier molecular flexibility index (Phi) is 5.62. The minimum Gasteiger partial charge on any atom is -0.355 e. The summed E-state index contributed by atoms with van der Waals surface area (Å²) < 4.78 is 6.42. The van der Waals surface area contributed by atoms with Crippen LogP contribution in [0.25, 0.3) is 0 Å². The van der Waals surface area contributed by atoms with E-state index in [9.17, 15) is 0 Å². The fourth-order valence-electron chi connectivity index (χ4n) is 3.31. The number of hydrogen-bond acceptors (Lipinski definition) is 2. The van der Waals surface area contributed by atoms with Gasteiger partial charge in [-0.25, -0.2) is 0 Å². The largest absolute Gasteiger partial charge is 0.355 e. The van der Waals surface area contributed by atoms with Crippen LogP contribution >= 0.6 is 0 Å². The van der Waals surface area contributed by atoms with Crippen molar-refractivity contribution in [1.29, 1.82) is 0 Å². The summed E-state index contributed by atoms with van der Waals surface area (Å²) in [6.07, 6.45) is 7.06. The molecule has 112 valence electrons. The maximum atomic E-state index is 6.42. The van der Waals surface area contributed by atoms with Gasteiger partial charge in [0.15, 0.2) is 0 Å². The number of ether oxygens (including phenoxy) is 1. The third kappa shape index (κ3) is 3.42. The number of nitrogens with one attached hydrogen (secondary N) is 1. The van der Waals surface area contributed by atoms with E-state index in [4.69, 9.17) is 4.74 Å². The van der Waals surface area contributed by atoms with Crippen LogP contribution < -0.4 is 5.32 Å². The molecule has 0 amide bonds. The van der Waals surface area contributed by atoms with E-state index in [0.29, 0.717) is 6.04 Å². The molecule has 0 radical (unpaired) electrons. The van der Waals surface area contributed by atoms with Crippen LogP contribution in [-0.4, -0.2) is 17.9 Å². The van der Waals surface area contributed by atoms with Crippen molar-refractivity contribution in [3.63, 3.8) is 0 Å². The van der Waals surface area contributed by atoms with Gasteiger partial charge in [0.1, 0.15) is 6.23 Å². The minimum absolute atomic E-state index is 0.00818. The second-order valence-electron chi connectivity index (χ2n) is 5.93. The third-order valence-corrected chi connectivity index (χ3v) is 4.70. The molecule has 1 fully saturated rings. The van der Waals surface area contributed by atoms with Crippen molar-refractivity contribution in [2.24, 2.45) is 0 Å². The SMILES string of the molecule is CCCC[C@H]1N[C@@H](Cc2ccccc2)C(CC)(CC)O1. The van der Waals surface area contributed by atoms with Gasteiger partial charge < -0.3 is 4.74 Å². The highest BCUT2D eigenvalue weighted by molar-refractivity contribution is 5.18. The molecule has 0 unspecified atom stereocenters. The Hall–Kier alpha value is -0.860. The summed E-state index contributed by atoms with van der Waals surface area (Å²) in [7, 11) is 0. The zero-order valence-corrected chi connectivity index (χ0v) is 13.2. The van der Waals surface area contributed by atoms with Gasteiger partial charge >= 0.3 is 0 Å². The van der Waals surface area contributed by atoms with Crippen LogP contribution in [0.3, 0.4) is 0 Å². The van der Waals surface area contributed by atoms with E-state index in [-0.39, 0.29) is 11.8 Å². The Balaban J connectivity index is 2.07. The molecule has 1 aliphatic heterocycles. The number of hydrogen-bond donors (Lipinski definition) is 1. The van der Waals surface area contributed by atoms with Gasteiger partial charge in [0.25, 0.3) is 0 Å². The van der Waals surface area contributed by atoms with E-state index in [0.717, 1.165) is 25.7 Å². The van der Waals surface area contributed by atoms with Crippen molar-refractivity contribution in [2.45, 2.75) is 77.2 Å². The Morgan fingerprint density at radius 3 is 2.40 bits per heavy atom. The maximum Gasteiger partial charge on any atom is 0.109 e. The van der Waals surface area contributed by atoms with Crippen molar-refractivity contribution in [3.05, 3.63) is 35.9 Å².